The van der Waals surface area contributed by atoms with Gasteiger partial charge in [0.2, 0.25) is 6.36 Å². The van der Waals surface area contributed by atoms with E-state index in [4.69, 9.17) is 59.0 Å². The number of alkyl halides is 2. The highest BCUT2D eigenvalue weighted by Crippen LogP contribution is 2.35. The van der Waals surface area contributed by atoms with Crippen LogP contribution in [0.15, 0.2) is 0 Å². The van der Waals surface area contributed by atoms with E-state index in [0.29, 0.717) is 0 Å². The number of hydrogen-bond acceptors (Lipinski definition) is 17. The second kappa shape index (κ2) is 17.2. The van der Waals surface area contributed by atoms with Crippen molar-refractivity contribution in [1.29, 1.82) is 0 Å². The van der Waals surface area contributed by atoms with Gasteiger partial charge in [0.05, 0.1) is 0 Å². The number of hydrogen-bond donors (Lipinski definition) is 0. The summed E-state index contributed by atoms with van der Waals surface area (Å²) in [6.07, 6.45) is -18.0. The van der Waals surface area contributed by atoms with Crippen molar-refractivity contribution in [2.45, 2.75) is 103 Å². The quantitative estimate of drug-likeness (QED) is 0.149. The molecule has 0 saturated carbocycles. The summed E-state index contributed by atoms with van der Waals surface area (Å²) in [5.74, 6) is -7.23. The Bertz CT molecular complexity index is 1120. The van der Waals surface area contributed by atoms with Gasteiger partial charge in [0.15, 0.2) is 36.8 Å². The predicted octanol–water partition coefficient (Wildman–Crippen LogP) is -0.205. The molecule has 45 heavy (non-hydrogen) atoms. The second-order valence-corrected chi connectivity index (χ2v) is 9.93. The zero-order valence-electron chi connectivity index (χ0n) is 25.1. The number of carbonyl (C=O) groups excluding carboxylic acids is 7. The third kappa shape index (κ3) is 11.4. The number of esters is 7. The summed E-state index contributed by atoms with van der Waals surface area (Å²) in [6, 6.07) is 0. The van der Waals surface area contributed by atoms with E-state index in [0.717, 1.165) is 41.5 Å². The number of ether oxygens (including phenoxy) is 10. The van der Waals surface area contributed by atoms with Crippen molar-refractivity contribution in [3.8, 4) is 0 Å². The van der Waals surface area contributed by atoms with E-state index in [1.54, 1.807) is 0 Å². The Balaban J connectivity index is 2.68. The maximum atomic E-state index is 15.4. The molecule has 0 bridgehead atoms. The van der Waals surface area contributed by atoms with Crippen molar-refractivity contribution in [2.24, 2.45) is 0 Å². The first kappa shape index (κ1) is 37.6. The molecule has 10 atom stereocenters. The molecule has 0 aromatic carbocycles. The SMILES string of the molecule is CC(=O)OC[C@H]1O[C@H](F)[C@H](OC(C)=O)[C@@H](O[C@@H]2O[C@H](COC(C)=O)[C@@H](OC(C)=O)[C@H](OC(=O)CCl)[C@H]2OC(C)=O)[C@@H]1OC(C)=O. The molecule has 2 saturated heterocycles. The van der Waals surface area contributed by atoms with E-state index in [1.807, 2.05) is 0 Å². The minimum Gasteiger partial charge on any atom is -0.463 e. The van der Waals surface area contributed by atoms with Crippen LogP contribution in [0.3, 0.4) is 0 Å². The first-order chi connectivity index (χ1) is 21.0. The number of rotatable bonds is 12. The largest absolute Gasteiger partial charge is 0.463 e. The molecule has 19 heteroatoms. The predicted molar refractivity (Wildman–Crippen MR) is 139 cm³/mol. The fourth-order valence-electron chi connectivity index (χ4n) is 4.45. The van der Waals surface area contributed by atoms with Crippen molar-refractivity contribution < 1.29 is 85.3 Å². The summed E-state index contributed by atoms with van der Waals surface area (Å²) >= 11 is 5.62. The molecule has 2 fully saturated rings. The van der Waals surface area contributed by atoms with E-state index in [2.05, 4.69) is 0 Å². The molecule has 0 aromatic rings. The molecule has 2 rings (SSSR count). The van der Waals surface area contributed by atoms with Crippen LogP contribution < -0.4 is 0 Å². The molecule has 2 aliphatic heterocycles. The molecule has 0 unspecified atom stereocenters. The normalized spacial score (nSPS) is 31.0. The van der Waals surface area contributed by atoms with Crippen LogP contribution >= 0.6 is 11.6 Å². The maximum absolute atomic E-state index is 15.4. The lowest BCUT2D eigenvalue weighted by molar-refractivity contribution is -0.351. The van der Waals surface area contributed by atoms with Gasteiger partial charge in [0.25, 0.3) is 0 Å². The Labute approximate surface area is 261 Å². The number of carbonyl (C=O) groups is 7. The highest BCUT2D eigenvalue weighted by atomic mass is 35.5. The number of halogens is 2. The van der Waals surface area contributed by atoms with E-state index in [9.17, 15) is 33.6 Å². The van der Waals surface area contributed by atoms with Gasteiger partial charge < -0.3 is 47.4 Å². The average Bonchev–Trinajstić information content (AvgIpc) is 2.91. The first-order valence-electron chi connectivity index (χ1n) is 13.4. The van der Waals surface area contributed by atoms with Crippen LogP contribution in [0.25, 0.3) is 0 Å². The van der Waals surface area contributed by atoms with Gasteiger partial charge in [-0.15, -0.1) is 11.6 Å². The summed E-state index contributed by atoms with van der Waals surface area (Å²) in [5.41, 5.74) is 0. The Kier molecular flexibility index (Phi) is 14.3. The molecule has 0 aliphatic carbocycles. The van der Waals surface area contributed by atoms with Gasteiger partial charge in [0, 0.05) is 41.5 Å². The lowest BCUT2D eigenvalue weighted by Gasteiger charge is -2.47. The Morgan fingerprint density at radius 3 is 1.42 bits per heavy atom. The summed E-state index contributed by atoms with van der Waals surface area (Å²) in [6.45, 7) is 4.72. The molecule has 0 amide bonds. The van der Waals surface area contributed by atoms with E-state index in [1.165, 1.54) is 0 Å². The summed E-state index contributed by atoms with van der Waals surface area (Å²) in [4.78, 5) is 83.7. The molecular formula is C26H34ClFO17. The Hall–Kier alpha value is -3.61. The van der Waals surface area contributed by atoms with Crippen molar-refractivity contribution >= 4 is 53.4 Å². The molecular weight excluding hydrogens is 639 g/mol. The summed E-state index contributed by atoms with van der Waals surface area (Å²) < 4.78 is 68.8. The molecule has 2 heterocycles. The zero-order valence-corrected chi connectivity index (χ0v) is 25.8. The van der Waals surface area contributed by atoms with Crippen LogP contribution in [0.1, 0.15) is 41.5 Å². The van der Waals surface area contributed by atoms with Gasteiger partial charge in [-0.1, -0.05) is 0 Å². The first-order valence-corrected chi connectivity index (χ1v) is 13.9. The van der Waals surface area contributed by atoms with Crippen LogP contribution in [-0.4, -0.2) is 122 Å². The standard InChI is InChI=1S/C26H34ClFO17/c1-10(29)36-8-16-19(38-12(3)31)21(23(25(28)42-16)40-14(5)33)45-26-24(41-15(6)34)22(44-18(35)7-27)20(39-13(4)32)17(43-26)9-37-11(2)30/h16-17,19-26H,7-9H2,1-6H3/t16-,17-,19-,20-,21+,22+,23-,24-,25+,26+/m1/s1. The molecule has 2 aliphatic rings. The highest BCUT2D eigenvalue weighted by Gasteiger charge is 2.57. The molecule has 0 aromatic heterocycles. The van der Waals surface area contributed by atoms with Crippen LogP contribution in [0.4, 0.5) is 4.39 Å². The average molecular weight is 673 g/mol. The fourth-order valence-corrected chi connectivity index (χ4v) is 4.51. The monoisotopic (exact) mass is 672 g/mol. The van der Waals surface area contributed by atoms with Gasteiger partial charge in [-0.05, 0) is 0 Å². The van der Waals surface area contributed by atoms with Crippen molar-refractivity contribution in [2.75, 3.05) is 19.1 Å². The molecule has 0 radical (unpaired) electrons. The fraction of sp³-hybridized carbons (Fsp3) is 0.731. The minimum absolute atomic E-state index is 0.635. The van der Waals surface area contributed by atoms with Crippen LogP contribution in [0, 0.1) is 0 Å². The van der Waals surface area contributed by atoms with Crippen molar-refractivity contribution in [3.63, 3.8) is 0 Å². The zero-order chi connectivity index (χ0) is 34.0. The van der Waals surface area contributed by atoms with Crippen molar-refractivity contribution in [1.82, 2.24) is 0 Å². The van der Waals surface area contributed by atoms with Gasteiger partial charge in [0.1, 0.15) is 37.4 Å². The van der Waals surface area contributed by atoms with Crippen LogP contribution in [0.2, 0.25) is 0 Å². The van der Waals surface area contributed by atoms with E-state index < -0.39 is 122 Å². The van der Waals surface area contributed by atoms with Gasteiger partial charge in [-0.3, -0.25) is 33.6 Å². The highest BCUT2D eigenvalue weighted by molar-refractivity contribution is 6.26. The van der Waals surface area contributed by atoms with E-state index >= 15 is 4.39 Å². The third-order valence-electron chi connectivity index (χ3n) is 5.95. The molecule has 254 valence electrons. The second-order valence-electron chi connectivity index (χ2n) is 9.66. The Morgan fingerprint density at radius 2 is 0.978 bits per heavy atom. The lowest BCUT2D eigenvalue weighted by atomic mass is 9.96. The smallest absolute Gasteiger partial charge is 0.321 e. The minimum atomic E-state index is -2.46. The topological polar surface area (TPSA) is 212 Å². The van der Waals surface area contributed by atoms with Gasteiger partial charge in [-0.25, -0.2) is 4.39 Å². The van der Waals surface area contributed by atoms with Crippen molar-refractivity contribution in [3.05, 3.63) is 0 Å². The maximum Gasteiger partial charge on any atom is 0.321 e. The summed E-state index contributed by atoms with van der Waals surface area (Å²) in [5, 5.41) is 0. The molecule has 0 N–H and O–H groups in total. The third-order valence-corrected chi connectivity index (χ3v) is 6.16. The van der Waals surface area contributed by atoms with Gasteiger partial charge >= 0.3 is 41.8 Å². The lowest BCUT2D eigenvalue weighted by Crippen LogP contribution is -2.67. The van der Waals surface area contributed by atoms with Gasteiger partial charge in [-0.2, -0.15) is 0 Å². The van der Waals surface area contributed by atoms with Crippen LogP contribution in [0.5, 0.6) is 0 Å². The molecule has 17 nitrogen and oxygen atoms in total. The Morgan fingerprint density at radius 1 is 0.556 bits per heavy atom. The van der Waals surface area contributed by atoms with E-state index in [-0.39, 0.29) is 0 Å². The van der Waals surface area contributed by atoms with Crippen LogP contribution in [-0.2, 0) is 80.9 Å². The molecule has 0 spiro atoms. The summed E-state index contributed by atoms with van der Waals surface area (Å²) in [7, 11) is 0.